The van der Waals surface area contributed by atoms with E-state index in [9.17, 15) is 9.59 Å². The van der Waals surface area contributed by atoms with Crippen molar-refractivity contribution in [1.29, 1.82) is 0 Å². The number of anilines is 1. The van der Waals surface area contributed by atoms with Gasteiger partial charge in [-0.15, -0.1) is 0 Å². The van der Waals surface area contributed by atoms with E-state index in [0.717, 1.165) is 74.6 Å². The highest BCUT2D eigenvalue weighted by Gasteiger charge is 2.54. The van der Waals surface area contributed by atoms with Crippen molar-refractivity contribution in [2.75, 3.05) is 44.7 Å². The Morgan fingerprint density at radius 3 is 2.32 bits per heavy atom. The topological polar surface area (TPSA) is 77.6 Å². The highest BCUT2D eigenvalue weighted by Crippen LogP contribution is 2.60. The number of rotatable bonds is 6. The minimum atomic E-state index is -0.197. The lowest BCUT2D eigenvalue weighted by Crippen LogP contribution is -2.54. The van der Waals surface area contributed by atoms with Crippen LogP contribution in [-0.4, -0.2) is 61.5 Å². The van der Waals surface area contributed by atoms with Crippen LogP contribution in [0.5, 0.6) is 0 Å². The summed E-state index contributed by atoms with van der Waals surface area (Å²) in [7, 11) is 2.14. The summed E-state index contributed by atoms with van der Waals surface area (Å²) in [5, 5.41) is 5.92. The first kappa shape index (κ1) is 20.7. The lowest BCUT2D eigenvalue weighted by Gasteiger charge is -2.55. The molecule has 4 aliphatic carbocycles. The SMILES string of the molecule is CN1CCN(c2cc(CNC(=O)CNC(=O)C34CC5CC(CC(C5)C3)C4)ccn2)CC1. The first-order valence-electron chi connectivity index (χ1n) is 11.9. The number of hydrogen-bond acceptors (Lipinski definition) is 5. The first-order chi connectivity index (χ1) is 15.0. The molecular weight excluding hydrogens is 390 g/mol. The van der Waals surface area contributed by atoms with Gasteiger partial charge in [-0.2, -0.15) is 0 Å². The van der Waals surface area contributed by atoms with Gasteiger partial charge in [0.05, 0.1) is 6.54 Å². The molecule has 1 aromatic rings. The summed E-state index contributed by atoms with van der Waals surface area (Å²) in [4.78, 5) is 34.5. The first-order valence-corrected chi connectivity index (χ1v) is 11.9. The molecule has 4 saturated carbocycles. The summed E-state index contributed by atoms with van der Waals surface area (Å²) in [6, 6.07) is 3.99. The molecule has 1 aromatic heterocycles. The van der Waals surface area contributed by atoms with Crippen molar-refractivity contribution in [3.63, 3.8) is 0 Å². The zero-order valence-electron chi connectivity index (χ0n) is 18.6. The minimum absolute atomic E-state index is 0.0665. The van der Waals surface area contributed by atoms with Gasteiger partial charge in [0.1, 0.15) is 5.82 Å². The maximum Gasteiger partial charge on any atom is 0.239 e. The molecule has 5 aliphatic rings. The average Bonchev–Trinajstić information content (AvgIpc) is 2.76. The highest BCUT2D eigenvalue weighted by molar-refractivity contribution is 5.88. The molecule has 0 unspecified atom stereocenters. The van der Waals surface area contributed by atoms with Crippen molar-refractivity contribution < 1.29 is 9.59 Å². The van der Waals surface area contributed by atoms with Crippen LogP contribution in [0.25, 0.3) is 0 Å². The number of pyridine rings is 1. The van der Waals surface area contributed by atoms with Crippen LogP contribution in [0.2, 0.25) is 0 Å². The smallest absolute Gasteiger partial charge is 0.239 e. The lowest BCUT2D eigenvalue weighted by molar-refractivity contribution is -0.147. The number of likely N-dealkylation sites (N-methyl/N-ethyl adjacent to an activating group) is 1. The van der Waals surface area contributed by atoms with E-state index in [1.54, 1.807) is 0 Å². The normalized spacial score (nSPS) is 32.2. The molecule has 4 bridgehead atoms. The third-order valence-electron chi connectivity index (χ3n) is 8.06. The van der Waals surface area contributed by atoms with E-state index in [4.69, 9.17) is 0 Å². The number of carbonyl (C=O) groups excluding carboxylic acids is 2. The minimum Gasteiger partial charge on any atom is -0.354 e. The summed E-state index contributed by atoms with van der Waals surface area (Å²) in [6.07, 6.45) is 8.83. The summed E-state index contributed by atoms with van der Waals surface area (Å²) in [6.45, 7) is 4.52. The zero-order valence-corrected chi connectivity index (χ0v) is 18.6. The third-order valence-corrected chi connectivity index (χ3v) is 8.06. The Bertz CT molecular complexity index is 798. The molecule has 5 fully saturated rings. The Morgan fingerprint density at radius 1 is 1.03 bits per heavy atom. The number of aromatic nitrogens is 1. The monoisotopic (exact) mass is 425 g/mol. The number of hydrogen-bond donors (Lipinski definition) is 2. The maximum atomic E-state index is 13.0. The molecule has 31 heavy (non-hydrogen) atoms. The van der Waals surface area contributed by atoms with Crippen molar-refractivity contribution in [2.45, 2.75) is 45.1 Å². The number of nitrogens with one attached hydrogen (secondary N) is 2. The van der Waals surface area contributed by atoms with E-state index >= 15 is 0 Å². The highest BCUT2D eigenvalue weighted by atomic mass is 16.2. The number of nitrogens with zero attached hydrogens (tertiary/aromatic N) is 3. The molecule has 0 spiro atoms. The van der Waals surface area contributed by atoms with Crippen molar-refractivity contribution >= 4 is 17.6 Å². The fourth-order valence-electron chi connectivity index (χ4n) is 6.78. The van der Waals surface area contributed by atoms with E-state index in [2.05, 4.69) is 38.5 Å². The summed E-state index contributed by atoms with van der Waals surface area (Å²) in [5.41, 5.74) is 0.835. The van der Waals surface area contributed by atoms with Crippen LogP contribution in [0.15, 0.2) is 18.3 Å². The van der Waals surface area contributed by atoms with Crippen LogP contribution in [0.1, 0.15) is 44.1 Å². The number of amides is 2. The van der Waals surface area contributed by atoms with E-state index in [0.29, 0.717) is 6.54 Å². The molecule has 2 heterocycles. The molecule has 0 radical (unpaired) electrons. The van der Waals surface area contributed by atoms with Gasteiger partial charge in [0.15, 0.2) is 0 Å². The molecule has 7 heteroatoms. The van der Waals surface area contributed by atoms with Crippen LogP contribution >= 0.6 is 0 Å². The average molecular weight is 426 g/mol. The van der Waals surface area contributed by atoms with Crippen molar-refractivity contribution in [2.24, 2.45) is 23.2 Å². The second kappa shape index (κ2) is 8.41. The van der Waals surface area contributed by atoms with Gasteiger partial charge in [-0.25, -0.2) is 4.98 Å². The maximum absolute atomic E-state index is 13.0. The molecule has 1 saturated heterocycles. The van der Waals surface area contributed by atoms with E-state index in [1.165, 1.54) is 19.3 Å². The fraction of sp³-hybridized carbons (Fsp3) is 0.708. The van der Waals surface area contributed by atoms with E-state index in [-0.39, 0.29) is 23.8 Å². The zero-order chi connectivity index (χ0) is 21.4. The number of carbonyl (C=O) groups is 2. The molecule has 168 valence electrons. The Morgan fingerprint density at radius 2 is 1.68 bits per heavy atom. The van der Waals surface area contributed by atoms with Gasteiger partial charge in [0, 0.05) is 44.3 Å². The van der Waals surface area contributed by atoms with Crippen LogP contribution in [0.4, 0.5) is 5.82 Å². The predicted molar refractivity (Wildman–Crippen MR) is 119 cm³/mol. The van der Waals surface area contributed by atoms with Gasteiger partial charge in [0.2, 0.25) is 11.8 Å². The largest absolute Gasteiger partial charge is 0.354 e. The molecule has 2 amide bonds. The summed E-state index contributed by atoms with van der Waals surface area (Å²) in [5.74, 6) is 3.14. The summed E-state index contributed by atoms with van der Waals surface area (Å²) >= 11 is 0. The van der Waals surface area contributed by atoms with Gasteiger partial charge in [-0.1, -0.05) is 0 Å². The molecule has 1 aliphatic heterocycles. The second-order valence-electron chi connectivity index (χ2n) is 10.5. The predicted octanol–water partition coefficient (Wildman–Crippen LogP) is 1.78. The van der Waals surface area contributed by atoms with Crippen LogP contribution < -0.4 is 15.5 Å². The molecular formula is C24H35N5O2. The molecule has 2 N–H and O–H groups in total. The Hall–Kier alpha value is -2.15. The van der Waals surface area contributed by atoms with E-state index < -0.39 is 0 Å². The van der Waals surface area contributed by atoms with Gasteiger partial charge in [-0.3, -0.25) is 9.59 Å². The molecule has 0 aromatic carbocycles. The molecule has 7 nitrogen and oxygen atoms in total. The van der Waals surface area contributed by atoms with Gasteiger partial charge >= 0.3 is 0 Å². The summed E-state index contributed by atoms with van der Waals surface area (Å²) < 4.78 is 0. The van der Waals surface area contributed by atoms with Crippen LogP contribution in [0, 0.1) is 23.2 Å². The standard InChI is InChI=1S/C24H35N5O2/c1-28-4-6-29(7-5-28)21-11-17(2-3-25-21)15-26-22(30)16-27-23(31)24-12-18-8-19(13-24)10-20(9-18)14-24/h2-3,11,18-20H,4-10,12-16H2,1H3,(H,26,30)(H,27,31). The number of piperazine rings is 1. The Kier molecular flexibility index (Phi) is 5.63. The van der Waals surface area contributed by atoms with Gasteiger partial charge in [-0.05, 0) is 81.0 Å². The van der Waals surface area contributed by atoms with Crippen molar-refractivity contribution in [1.82, 2.24) is 20.5 Å². The fourth-order valence-corrected chi connectivity index (χ4v) is 6.78. The molecule has 0 atom stereocenters. The van der Waals surface area contributed by atoms with E-state index in [1.807, 2.05) is 12.3 Å². The van der Waals surface area contributed by atoms with Crippen molar-refractivity contribution in [3.05, 3.63) is 23.9 Å². The van der Waals surface area contributed by atoms with Crippen LogP contribution in [0.3, 0.4) is 0 Å². The van der Waals surface area contributed by atoms with Crippen molar-refractivity contribution in [3.8, 4) is 0 Å². The third kappa shape index (κ3) is 4.43. The van der Waals surface area contributed by atoms with Gasteiger partial charge < -0.3 is 20.4 Å². The lowest BCUT2D eigenvalue weighted by atomic mass is 9.49. The Balaban J connectivity index is 1.10. The molecule has 6 rings (SSSR count). The van der Waals surface area contributed by atoms with Gasteiger partial charge in [0.25, 0.3) is 0 Å². The second-order valence-corrected chi connectivity index (χ2v) is 10.5. The quantitative estimate of drug-likeness (QED) is 0.727. The van der Waals surface area contributed by atoms with Crippen LogP contribution in [-0.2, 0) is 16.1 Å². The Labute approximate surface area is 185 Å².